The summed E-state index contributed by atoms with van der Waals surface area (Å²) in [6.07, 6.45) is 2.55. The predicted molar refractivity (Wildman–Crippen MR) is 135 cm³/mol. The molecule has 1 aliphatic heterocycles. The molecule has 0 spiro atoms. The van der Waals surface area contributed by atoms with Gasteiger partial charge < -0.3 is 30.1 Å². The lowest BCUT2D eigenvalue weighted by Crippen LogP contribution is -2.41. The fourth-order valence-corrected chi connectivity index (χ4v) is 5.07. The highest BCUT2D eigenvalue weighted by Gasteiger charge is 2.33. The second kappa shape index (κ2) is 11.3. The summed E-state index contributed by atoms with van der Waals surface area (Å²) in [5.74, 6) is 0.172. The van der Waals surface area contributed by atoms with Crippen LogP contribution in [0, 0.1) is 11.8 Å². The number of hydrogen-bond acceptors (Lipinski definition) is 5. The van der Waals surface area contributed by atoms with E-state index in [0.717, 1.165) is 24.0 Å². The number of carboxylic acids is 1. The molecule has 2 aromatic rings. The first kappa shape index (κ1) is 25.3. The van der Waals surface area contributed by atoms with Crippen LogP contribution in [0.2, 0.25) is 0 Å². The quantitative estimate of drug-likeness (QED) is 0.512. The molecule has 192 valence electrons. The molecule has 9 heteroatoms. The van der Waals surface area contributed by atoms with Gasteiger partial charge in [0.2, 0.25) is 0 Å². The fraction of sp³-hybridized carbons (Fsp3) is 0.444. The molecule has 9 nitrogen and oxygen atoms in total. The number of nitrogens with one attached hydrogen (secondary N) is 2. The van der Waals surface area contributed by atoms with Crippen LogP contribution in [0.15, 0.2) is 42.5 Å². The van der Waals surface area contributed by atoms with Gasteiger partial charge in [0.05, 0.1) is 7.11 Å². The second-order valence-corrected chi connectivity index (χ2v) is 9.64. The highest BCUT2D eigenvalue weighted by molar-refractivity contribution is 5.99. The maximum Gasteiger partial charge on any atom is 0.410 e. The Morgan fingerprint density at radius 2 is 1.83 bits per heavy atom. The first-order chi connectivity index (χ1) is 17.3. The Bertz CT molecular complexity index is 1120. The van der Waals surface area contributed by atoms with Gasteiger partial charge in [-0.05, 0) is 72.9 Å². The number of rotatable bonds is 6. The zero-order valence-electron chi connectivity index (χ0n) is 20.7. The number of methoxy groups -OCH3 is 1. The van der Waals surface area contributed by atoms with Crippen LogP contribution in [0.4, 0.5) is 21.0 Å². The van der Waals surface area contributed by atoms with Crippen molar-refractivity contribution < 1.29 is 29.0 Å². The van der Waals surface area contributed by atoms with Gasteiger partial charge in [0.15, 0.2) is 0 Å². The standard InChI is InChI=1S/C27H33N3O6/c1-17-12-18(13-25(31)32)6-9-24(17)36-27(34)30-11-10-19-14-22(8-7-20(19)16-30)29-26(33)28-21-4-3-5-23(15-21)35-2/h3-5,7-8,14-15,17-18,24H,6,9-13,16H2,1-2H3,(H,31,32)(H2,28,29,33)/t17-,18?,24-/m1/s1. The molecule has 3 amide bonds. The monoisotopic (exact) mass is 495 g/mol. The first-order valence-corrected chi connectivity index (χ1v) is 12.3. The summed E-state index contributed by atoms with van der Waals surface area (Å²) in [5.41, 5.74) is 3.41. The Labute approximate surface area is 210 Å². The minimum Gasteiger partial charge on any atom is -0.497 e. The number of carbonyl (C=O) groups is 3. The Kier molecular flexibility index (Phi) is 7.97. The Morgan fingerprint density at radius 3 is 2.56 bits per heavy atom. The Balaban J connectivity index is 1.29. The van der Waals surface area contributed by atoms with Crippen LogP contribution >= 0.6 is 0 Å². The lowest BCUT2D eigenvalue weighted by molar-refractivity contribution is -0.138. The third kappa shape index (κ3) is 6.47. The third-order valence-corrected chi connectivity index (χ3v) is 6.98. The molecule has 0 saturated heterocycles. The molecule has 3 N–H and O–H groups in total. The number of carbonyl (C=O) groups excluding carboxylic acids is 2. The van der Waals surface area contributed by atoms with Gasteiger partial charge in [0, 0.05) is 37.0 Å². The van der Waals surface area contributed by atoms with Crippen LogP contribution in [0.1, 0.15) is 43.7 Å². The van der Waals surface area contributed by atoms with Crippen molar-refractivity contribution in [3.8, 4) is 5.75 Å². The van der Waals surface area contributed by atoms with E-state index in [0.29, 0.717) is 43.1 Å². The van der Waals surface area contributed by atoms with E-state index in [4.69, 9.17) is 14.6 Å². The summed E-state index contributed by atoms with van der Waals surface area (Å²) >= 11 is 0. The number of anilines is 2. The van der Waals surface area contributed by atoms with Crippen molar-refractivity contribution in [1.29, 1.82) is 0 Å². The van der Waals surface area contributed by atoms with E-state index >= 15 is 0 Å². The normalized spacial score (nSPS) is 21.2. The number of aliphatic carboxylic acids is 1. The average Bonchev–Trinajstić information content (AvgIpc) is 2.85. The van der Waals surface area contributed by atoms with E-state index in [-0.39, 0.29) is 36.5 Å². The average molecular weight is 496 g/mol. The van der Waals surface area contributed by atoms with Gasteiger partial charge in [-0.2, -0.15) is 0 Å². The Hall–Kier alpha value is -3.75. The number of nitrogens with zero attached hydrogens (tertiary/aromatic N) is 1. The molecular formula is C27H33N3O6. The number of urea groups is 1. The predicted octanol–water partition coefficient (Wildman–Crippen LogP) is 5.11. The molecule has 0 bridgehead atoms. The largest absolute Gasteiger partial charge is 0.497 e. The maximum absolute atomic E-state index is 12.8. The van der Waals surface area contributed by atoms with Crippen LogP contribution in [0.25, 0.3) is 0 Å². The van der Waals surface area contributed by atoms with Crippen LogP contribution in [0.5, 0.6) is 5.75 Å². The van der Waals surface area contributed by atoms with E-state index in [1.807, 2.05) is 25.1 Å². The van der Waals surface area contributed by atoms with E-state index in [9.17, 15) is 14.4 Å². The molecule has 36 heavy (non-hydrogen) atoms. The first-order valence-electron chi connectivity index (χ1n) is 12.3. The molecule has 2 aliphatic rings. The number of hydrogen-bond donors (Lipinski definition) is 3. The van der Waals surface area contributed by atoms with Gasteiger partial charge in [0.1, 0.15) is 11.9 Å². The third-order valence-electron chi connectivity index (χ3n) is 6.98. The highest BCUT2D eigenvalue weighted by atomic mass is 16.6. The number of amides is 3. The minimum atomic E-state index is -0.773. The molecule has 1 heterocycles. The summed E-state index contributed by atoms with van der Waals surface area (Å²) in [7, 11) is 1.57. The lowest BCUT2D eigenvalue weighted by Gasteiger charge is -2.35. The summed E-state index contributed by atoms with van der Waals surface area (Å²) in [4.78, 5) is 38.0. The van der Waals surface area contributed by atoms with Crippen molar-refractivity contribution in [2.24, 2.45) is 11.8 Å². The van der Waals surface area contributed by atoms with E-state index in [1.54, 1.807) is 36.3 Å². The molecule has 1 aliphatic carbocycles. The lowest BCUT2D eigenvalue weighted by atomic mass is 9.79. The second-order valence-electron chi connectivity index (χ2n) is 9.64. The number of ether oxygens (including phenoxy) is 2. The molecular weight excluding hydrogens is 462 g/mol. The SMILES string of the molecule is COc1cccc(NC(=O)Nc2ccc3c(c2)CCN(C(=O)O[C@@H]2CCC(CC(=O)O)C[C@H]2C)C3)c1. The van der Waals surface area contributed by atoms with Crippen molar-refractivity contribution in [2.75, 3.05) is 24.3 Å². The van der Waals surface area contributed by atoms with Crippen LogP contribution < -0.4 is 15.4 Å². The number of fused-ring (bicyclic) bond motifs is 1. The molecule has 4 rings (SSSR count). The zero-order valence-corrected chi connectivity index (χ0v) is 20.7. The molecule has 0 radical (unpaired) electrons. The van der Waals surface area contributed by atoms with Crippen molar-refractivity contribution in [2.45, 2.75) is 51.7 Å². The topological polar surface area (TPSA) is 117 Å². The summed E-state index contributed by atoms with van der Waals surface area (Å²) in [5, 5.41) is 14.7. The van der Waals surface area contributed by atoms with E-state index in [1.165, 1.54) is 0 Å². The van der Waals surface area contributed by atoms with Gasteiger partial charge in [-0.25, -0.2) is 9.59 Å². The minimum absolute atomic E-state index is 0.140. The molecule has 1 fully saturated rings. The van der Waals surface area contributed by atoms with Crippen LogP contribution in [0.3, 0.4) is 0 Å². The van der Waals surface area contributed by atoms with Crippen molar-refractivity contribution in [1.82, 2.24) is 4.90 Å². The van der Waals surface area contributed by atoms with Gasteiger partial charge in [-0.3, -0.25) is 4.79 Å². The van der Waals surface area contributed by atoms with Gasteiger partial charge in [0.25, 0.3) is 0 Å². The van der Waals surface area contributed by atoms with Crippen molar-refractivity contribution in [3.05, 3.63) is 53.6 Å². The van der Waals surface area contributed by atoms with Gasteiger partial charge in [-0.15, -0.1) is 0 Å². The summed E-state index contributed by atoms with van der Waals surface area (Å²) in [6.45, 7) is 3.01. The smallest absolute Gasteiger partial charge is 0.410 e. The van der Waals surface area contributed by atoms with Crippen LogP contribution in [-0.4, -0.2) is 47.9 Å². The van der Waals surface area contributed by atoms with Crippen LogP contribution in [-0.2, 0) is 22.5 Å². The summed E-state index contributed by atoms with van der Waals surface area (Å²) < 4.78 is 11.0. The number of carboxylic acid groups (broad SMARTS) is 1. The molecule has 2 aromatic carbocycles. The van der Waals surface area contributed by atoms with Crippen molar-refractivity contribution in [3.63, 3.8) is 0 Å². The Morgan fingerprint density at radius 1 is 1.06 bits per heavy atom. The molecule has 3 atom stereocenters. The maximum atomic E-state index is 12.8. The molecule has 0 aromatic heterocycles. The number of benzene rings is 2. The highest BCUT2D eigenvalue weighted by Crippen LogP contribution is 2.33. The fourth-order valence-electron chi connectivity index (χ4n) is 5.07. The molecule has 1 unspecified atom stereocenters. The van der Waals surface area contributed by atoms with Gasteiger partial charge in [-0.1, -0.05) is 19.1 Å². The summed E-state index contributed by atoms with van der Waals surface area (Å²) in [6, 6.07) is 12.5. The van der Waals surface area contributed by atoms with Gasteiger partial charge >= 0.3 is 18.1 Å². The van der Waals surface area contributed by atoms with E-state index in [2.05, 4.69) is 10.6 Å². The van der Waals surface area contributed by atoms with Crippen molar-refractivity contribution >= 4 is 29.5 Å². The molecule has 1 saturated carbocycles. The van der Waals surface area contributed by atoms with E-state index < -0.39 is 5.97 Å². The zero-order chi connectivity index (χ0) is 25.7.